The average molecular weight is 513 g/mol. The fourth-order valence-corrected chi connectivity index (χ4v) is 5.84. The van der Waals surface area contributed by atoms with E-state index in [9.17, 15) is 9.90 Å². The number of carboxylic acids is 1. The van der Waals surface area contributed by atoms with Crippen molar-refractivity contribution in [1.82, 2.24) is 9.88 Å². The van der Waals surface area contributed by atoms with Gasteiger partial charge in [-0.15, -0.1) is 11.8 Å². The third-order valence-electron chi connectivity index (χ3n) is 7.00. The van der Waals surface area contributed by atoms with Crippen LogP contribution in [0, 0.1) is 11.8 Å². The number of alkyl halides is 1. The van der Waals surface area contributed by atoms with Crippen LogP contribution in [0.15, 0.2) is 59.6 Å². The van der Waals surface area contributed by atoms with Crippen LogP contribution >= 0.6 is 11.8 Å². The van der Waals surface area contributed by atoms with Crippen molar-refractivity contribution in [1.29, 1.82) is 0 Å². The fourth-order valence-electron chi connectivity index (χ4n) is 4.92. The summed E-state index contributed by atoms with van der Waals surface area (Å²) in [7, 11) is 3.23. The first kappa shape index (κ1) is 26.2. The minimum atomic E-state index is -1.18. The molecule has 36 heavy (non-hydrogen) atoms. The maximum atomic E-state index is 15.4. The van der Waals surface area contributed by atoms with E-state index in [2.05, 4.69) is 9.88 Å². The molecule has 2 aromatic carbocycles. The van der Waals surface area contributed by atoms with Crippen molar-refractivity contribution < 1.29 is 23.8 Å². The van der Waals surface area contributed by atoms with E-state index in [1.165, 1.54) is 0 Å². The predicted molar refractivity (Wildman–Crippen MR) is 141 cm³/mol. The van der Waals surface area contributed by atoms with Crippen LogP contribution in [0.2, 0.25) is 0 Å². The third-order valence-corrected chi connectivity index (χ3v) is 8.00. The SMILES string of the molecule is COc1ccc(SCCN2CC[C@@H](CCC(F)c3ccnc4ccc(OC)cc34)[C@@H](C(=O)O)C2)cc1. The number of halogens is 1. The summed E-state index contributed by atoms with van der Waals surface area (Å²) in [5, 5.41) is 10.6. The number of pyridine rings is 1. The zero-order chi connectivity index (χ0) is 25.5. The van der Waals surface area contributed by atoms with Gasteiger partial charge >= 0.3 is 5.97 Å². The monoisotopic (exact) mass is 512 g/mol. The summed E-state index contributed by atoms with van der Waals surface area (Å²) in [6, 6.07) is 15.1. The predicted octanol–water partition coefficient (Wildman–Crippen LogP) is 5.86. The van der Waals surface area contributed by atoms with Gasteiger partial charge in [-0.2, -0.15) is 0 Å². The van der Waals surface area contributed by atoms with Gasteiger partial charge in [0.05, 0.1) is 25.7 Å². The summed E-state index contributed by atoms with van der Waals surface area (Å²) >= 11 is 1.75. The van der Waals surface area contributed by atoms with Gasteiger partial charge in [0.25, 0.3) is 0 Å². The molecule has 2 heterocycles. The Morgan fingerprint density at radius 2 is 1.92 bits per heavy atom. The van der Waals surface area contributed by atoms with Crippen molar-refractivity contribution in [2.45, 2.75) is 30.3 Å². The first-order valence-electron chi connectivity index (χ1n) is 12.3. The van der Waals surface area contributed by atoms with Gasteiger partial charge in [0.15, 0.2) is 0 Å². The number of fused-ring (bicyclic) bond motifs is 1. The second kappa shape index (κ2) is 12.4. The zero-order valence-corrected chi connectivity index (χ0v) is 21.5. The number of hydrogen-bond donors (Lipinski definition) is 1. The first-order chi connectivity index (χ1) is 17.5. The number of benzene rings is 2. The molecule has 0 aliphatic carbocycles. The Labute approximate surface area is 215 Å². The largest absolute Gasteiger partial charge is 0.497 e. The number of likely N-dealkylation sites (tertiary alicyclic amines) is 1. The van der Waals surface area contributed by atoms with Crippen molar-refractivity contribution in [2.24, 2.45) is 11.8 Å². The molecule has 0 amide bonds. The lowest BCUT2D eigenvalue weighted by atomic mass is 9.81. The van der Waals surface area contributed by atoms with Gasteiger partial charge in [-0.3, -0.25) is 9.78 Å². The lowest BCUT2D eigenvalue weighted by Gasteiger charge is -2.36. The van der Waals surface area contributed by atoms with E-state index < -0.39 is 18.1 Å². The van der Waals surface area contributed by atoms with Crippen LogP contribution in [-0.4, -0.2) is 60.6 Å². The molecule has 1 unspecified atom stereocenters. The minimum absolute atomic E-state index is 0.0334. The van der Waals surface area contributed by atoms with Crippen LogP contribution in [0.3, 0.4) is 0 Å². The van der Waals surface area contributed by atoms with E-state index in [-0.39, 0.29) is 12.3 Å². The van der Waals surface area contributed by atoms with Crippen molar-refractivity contribution in [3.63, 3.8) is 0 Å². The maximum absolute atomic E-state index is 15.4. The summed E-state index contributed by atoms with van der Waals surface area (Å²) in [6.07, 6.45) is 2.04. The van der Waals surface area contributed by atoms with Crippen molar-refractivity contribution in [3.05, 3.63) is 60.3 Å². The van der Waals surface area contributed by atoms with E-state index in [4.69, 9.17) is 9.47 Å². The molecule has 1 N–H and O–H groups in total. The van der Waals surface area contributed by atoms with Gasteiger partial charge in [0, 0.05) is 35.3 Å². The molecule has 0 saturated carbocycles. The molecular formula is C28H33FN2O4S. The molecule has 0 bridgehead atoms. The van der Waals surface area contributed by atoms with Crippen LogP contribution in [0.25, 0.3) is 10.9 Å². The van der Waals surface area contributed by atoms with E-state index in [1.807, 2.05) is 42.5 Å². The number of aromatic nitrogens is 1. The number of carbonyl (C=O) groups is 1. The lowest BCUT2D eigenvalue weighted by Crippen LogP contribution is -2.44. The maximum Gasteiger partial charge on any atom is 0.308 e. The smallest absolute Gasteiger partial charge is 0.308 e. The average Bonchev–Trinajstić information content (AvgIpc) is 2.91. The number of aliphatic carboxylic acids is 1. The normalized spacial score (nSPS) is 19.2. The van der Waals surface area contributed by atoms with E-state index >= 15 is 4.39 Å². The highest BCUT2D eigenvalue weighted by molar-refractivity contribution is 7.99. The fraction of sp³-hybridized carbons (Fsp3) is 0.429. The number of hydrogen-bond acceptors (Lipinski definition) is 6. The Morgan fingerprint density at radius 3 is 2.64 bits per heavy atom. The van der Waals surface area contributed by atoms with Crippen LogP contribution in [0.1, 0.15) is 31.0 Å². The van der Waals surface area contributed by atoms with Gasteiger partial charge in [0.1, 0.15) is 17.7 Å². The molecule has 3 atom stereocenters. The topological polar surface area (TPSA) is 71.9 Å². The molecule has 1 aliphatic heterocycles. The quantitative estimate of drug-likeness (QED) is 0.323. The molecule has 3 aromatic rings. The number of ether oxygens (including phenoxy) is 2. The molecule has 0 radical (unpaired) electrons. The summed E-state index contributed by atoms with van der Waals surface area (Å²) < 4.78 is 25.9. The molecule has 1 aromatic heterocycles. The number of carboxylic acid groups (broad SMARTS) is 1. The minimum Gasteiger partial charge on any atom is -0.497 e. The summed E-state index contributed by atoms with van der Waals surface area (Å²) in [4.78, 5) is 19.8. The zero-order valence-electron chi connectivity index (χ0n) is 20.7. The Bertz CT molecular complexity index is 1160. The highest BCUT2D eigenvalue weighted by atomic mass is 32.2. The van der Waals surface area contributed by atoms with E-state index in [0.717, 1.165) is 46.8 Å². The Kier molecular flexibility index (Phi) is 9.04. The number of thioether (sulfide) groups is 1. The van der Waals surface area contributed by atoms with Crippen molar-refractivity contribution in [2.75, 3.05) is 39.6 Å². The second-order valence-corrected chi connectivity index (χ2v) is 10.3. The number of nitrogens with zero attached hydrogens (tertiary/aromatic N) is 2. The lowest BCUT2D eigenvalue weighted by molar-refractivity contribution is -0.146. The Balaban J connectivity index is 1.31. The highest BCUT2D eigenvalue weighted by Crippen LogP contribution is 2.35. The molecule has 1 fully saturated rings. The Hall–Kier alpha value is -2.84. The summed E-state index contributed by atoms with van der Waals surface area (Å²) in [5.74, 6) is 1.07. The standard InChI is InChI=1S/C28H33FN2O4S/c1-34-20-4-7-22(8-5-20)36-16-15-31-14-12-19(25(18-31)28(32)33)3-9-26(29)23-11-13-30-27-10-6-21(35-2)17-24(23)27/h4-8,10-11,13,17,19,25-26H,3,9,12,14-16,18H2,1-2H3,(H,32,33)/t19-,25+,26?/m1/s1. The van der Waals surface area contributed by atoms with Crippen molar-refractivity contribution in [3.8, 4) is 11.5 Å². The molecule has 8 heteroatoms. The summed E-state index contributed by atoms with van der Waals surface area (Å²) in [6.45, 7) is 2.17. The molecule has 192 valence electrons. The first-order valence-corrected chi connectivity index (χ1v) is 13.3. The van der Waals surface area contributed by atoms with Crippen LogP contribution in [0.4, 0.5) is 4.39 Å². The number of rotatable bonds is 11. The third kappa shape index (κ3) is 6.48. The van der Waals surface area contributed by atoms with Gasteiger partial charge in [-0.25, -0.2) is 4.39 Å². The van der Waals surface area contributed by atoms with Gasteiger partial charge in [-0.05, 0) is 85.8 Å². The Morgan fingerprint density at radius 1 is 1.17 bits per heavy atom. The number of methoxy groups -OCH3 is 2. The summed E-state index contributed by atoms with van der Waals surface area (Å²) in [5.41, 5.74) is 1.30. The van der Waals surface area contributed by atoms with Gasteiger partial charge < -0.3 is 19.5 Å². The van der Waals surface area contributed by atoms with E-state index in [0.29, 0.717) is 24.3 Å². The molecule has 1 aliphatic rings. The molecule has 1 saturated heterocycles. The van der Waals surface area contributed by atoms with Gasteiger partial charge in [-0.1, -0.05) is 0 Å². The second-order valence-electron chi connectivity index (χ2n) is 9.15. The molecule has 6 nitrogen and oxygen atoms in total. The van der Waals surface area contributed by atoms with Crippen LogP contribution in [-0.2, 0) is 4.79 Å². The molecule has 4 rings (SSSR count). The number of piperidine rings is 1. The van der Waals surface area contributed by atoms with E-state index in [1.54, 1.807) is 38.2 Å². The van der Waals surface area contributed by atoms with Gasteiger partial charge in [0.2, 0.25) is 0 Å². The molecular weight excluding hydrogens is 479 g/mol. The van der Waals surface area contributed by atoms with Crippen LogP contribution < -0.4 is 9.47 Å². The molecule has 0 spiro atoms. The highest BCUT2D eigenvalue weighted by Gasteiger charge is 2.34. The van der Waals surface area contributed by atoms with Crippen LogP contribution in [0.5, 0.6) is 11.5 Å². The van der Waals surface area contributed by atoms with Crippen molar-refractivity contribution >= 4 is 28.6 Å².